The Morgan fingerprint density at radius 1 is 1.21 bits per heavy atom. The predicted octanol–water partition coefficient (Wildman–Crippen LogP) is 4.80. The fraction of sp³-hybridized carbons (Fsp3) is 0.278. The van der Waals surface area contributed by atoms with Crippen molar-refractivity contribution in [2.75, 3.05) is 18.5 Å². The van der Waals surface area contributed by atoms with Gasteiger partial charge in [-0.05, 0) is 41.8 Å². The molecule has 2 amide bonds. The quantitative estimate of drug-likeness (QED) is 0.735. The molecular formula is C18H20ClFN2O2. The van der Waals surface area contributed by atoms with Crippen LogP contribution in [0.5, 0.6) is 5.75 Å². The lowest BCUT2D eigenvalue weighted by Crippen LogP contribution is -2.32. The molecule has 0 aliphatic rings. The normalized spacial score (nSPS) is 10.5. The van der Waals surface area contributed by atoms with Gasteiger partial charge in [-0.2, -0.15) is 0 Å². The first kappa shape index (κ1) is 18.1. The maximum absolute atomic E-state index is 13.0. The molecule has 0 bridgehead atoms. The monoisotopic (exact) mass is 350 g/mol. The molecule has 4 nitrogen and oxygen atoms in total. The molecule has 2 rings (SSSR count). The molecule has 2 aromatic rings. The Kier molecular flexibility index (Phi) is 6.44. The van der Waals surface area contributed by atoms with Gasteiger partial charge in [0, 0.05) is 5.69 Å². The van der Waals surface area contributed by atoms with Crippen molar-refractivity contribution in [3.8, 4) is 5.75 Å². The molecule has 0 aliphatic heterocycles. The van der Waals surface area contributed by atoms with Gasteiger partial charge in [-0.3, -0.25) is 0 Å². The van der Waals surface area contributed by atoms with Gasteiger partial charge in [0.25, 0.3) is 0 Å². The minimum atomic E-state index is -0.528. The van der Waals surface area contributed by atoms with Crippen LogP contribution >= 0.6 is 11.6 Å². The van der Waals surface area contributed by atoms with Gasteiger partial charge < -0.3 is 15.4 Å². The van der Waals surface area contributed by atoms with Crippen molar-refractivity contribution in [1.29, 1.82) is 0 Å². The summed E-state index contributed by atoms with van der Waals surface area (Å²) in [4.78, 5) is 11.7. The molecule has 128 valence electrons. The molecule has 0 fully saturated rings. The van der Waals surface area contributed by atoms with Crippen LogP contribution in [0, 0.1) is 5.82 Å². The Morgan fingerprint density at radius 3 is 2.54 bits per heavy atom. The zero-order valence-electron chi connectivity index (χ0n) is 13.6. The Morgan fingerprint density at radius 2 is 1.92 bits per heavy atom. The van der Waals surface area contributed by atoms with E-state index in [0.29, 0.717) is 24.8 Å². The van der Waals surface area contributed by atoms with Gasteiger partial charge in [-0.15, -0.1) is 0 Å². The zero-order valence-corrected chi connectivity index (χ0v) is 14.4. The summed E-state index contributed by atoms with van der Waals surface area (Å²) < 4.78 is 18.6. The van der Waals surface area contributed by atoms with E-state index >= 15 is 0 Å². The second-order valence-corrected chi connectivity index (χ2v) is 5.99. The van der Waals surface area contributed by atoms with Gasteiger partial charge >= 0.3 is 6.03 Å². The summed E-state index contributed by atoms with van der Waals surface area (Å²) in [6.45, 7) is 4.95. The summed E-state index contributed by atoms with van der Waals surface area (Å²) in [6, 6.07) is 11.5. The predicted molar refractivity (Wildman–Crippen MR) is 94.5 cm³/mol. The first-order valence-electron chi connectivity index (χ1n) is 7.68. The number of hydrogen-bond donors (Lipinski definition) is 2. The van der Waals surface area contributed by atoms with Crippen LogP contribution in [0.2, 0.25) is 5.02 Å². The SMILES string of the molecule is CC(C)c1ccc(OCCNC(=O)Nc2ccc(F)c(Cl)c2)cc1. The third-order valence-electron chi connectivity index (χ3n) is 3.38. The Bertz CT molecular complexity index is 690. The molecule has 0 aliphatic carbocycles. The van der Waals surface area contributed by atoms with Gasteiger partial charge in [-0.1, -0.05) is 37.6 Å². The van der Waals surface area contributed by atoms with E-state index in [1.54, 1.807) is 0 Å². The fourth-order valence-corrected chi connectivity index (χ4v) is 2.21. The van der Waals surface area contributed by atoms with E-state index in [1.165, 1.54) is 23.8 Å². The number of anilines is 1. The van der Waals surface area contributed by atoms with Crippen LogP contribution in [-0.2, 0) is 0 Å². The molecule has 2 aromatic carbocycles. The Balaban J connectivity index is 1.71. The number of benzene rings is 2. The fourth-order valence-electron chi connectivity index (χ4n) is 2.03. The highest BCUT2D eigenvalue weighted by molar-refractivity contribution is 6.31. The summed E-state index contributed by atoms with van der Waals surface area (Å²) in [5.41, 5.74) is 1.67. The molecular weight excluding hydrogens is 331 g/mol. The molecule has 0 saturated heterocycles. The average molecular weight is 351 g/mol. The van der Waals surface area contributed by atoms with Crippen molar-refractivity contribution >= 4 is 23.3 Å². The van der Waals surface area contributed by atoms with Crippen molar-refractivity contribution in [1.82, 2.24) is 5.32 Å². The van der Waals surface area contributed by atoms with Crippen molar-refractivity contribution in [3.05, 3.63) is 58.9 Å². The highest BCUT2D eigenvalue weighted by atomic mass is 35.5. The van der Waals surface area contributed by atoms with Crippen LogP contribution in [0.1, 0.15) is 25.3 Å². The van der Waals surface area contributed by atoms with Crippen LogP contribution in [0.3, 0.4) is 0 Å². The van der Waals surface area contributed by atoms with Gasteiger partial charge in [0.05, 0.1) is 11.6 Å². The largest absolute Gasteiger partial charge is 0.492 e. The van der Waals surface area contributed by atoms with Gasteiger partial charge in [-0.25, -0.2) is 9.18 Å². The van der Waals surface area contributed by atoms with Crippen LogP contribution in [0.25, 0.3) is 0 Å². The van der Waals surface area contributed by atoms with E-state index < -0.39 is 11.8 Å². The summed E-state index contributed by atoms with van der Waals surface area (Å²) in [7, 11) is 0. The average Bonchev–Trinajstić information content (AvgIpc) is 2.55. The molecule has 0 radical (unpaired) electrons. The van der Waals surface area contributed by atoms with E-state index in [9.17, 15) is 9.18 Å². The molecule has 0 saturated carbocycles. The number of nitrogens with one attached hydrogen (secondary N) is 2. The second-order valence-electron chi connectivity index (χ2n) is 5.58. The number of carbonyl (C=O) groups is 1. The van der Waals surface area contributed by atoms with Gasteiger partial charge in [0.15, 0.2) is 0 Å². The summed E-state index contributed by atoms with van der Waals surface area (Å²) in [5.74, 6) is 0.704. The summed E-state index contributed by atoms with van der Waals surface area (Å²) in [6.07, 6.45) is 0. The summed E-state index contributed by atoms with van der Waals surface area (Å²) in [5, 5.41) is 5.18. The molecule has 0 heterocycles. The van der Waals surface area contributed by atoms with Gasteiger partial charge in [0.1, 0.15) is 18.2 Å². The number of amides is 2. The number of ether oxygens (including phenoxy) is 1. The molecule has 0 atom stereocenters. The van der Waals surface area contributed by atoms with E-state index in [4.69, 9.17) is 16.3 Å². The lowest BCUT2D eigenvalue weighted by molar-refractivity contribution is 0.247. The number of urea groups is 1. The van der Waals surface area contributed by atoms with E-state index in [0.717, 1.165) is 5.75 Å². The van der Waals surface area contributed by atoms with E-state index in [1.807, 2.05) is 24.3 Å². The molecule has 2 N–H and O–H groups in total. The topological polar surface area (TPSA) is 50.4 Å². The van der Waals surface area contributed by atoms with Crippen LogP contribution in [-0.4, -0.2) is 19.2 Å². The van der Waals surface area contributed by atoms with E-state index in [-0.39, 0.29) is 5.02 Å². The van der Waals surface area contributed by atoms with Crippen molar-refractivity contribution < 1.29 is 13.9 Å². The van der Waals surface area contributed by atoms with E-state index in [2.05, 4.69) is 24.5 Å². The van der Waals surface area contributed by atoms with Crippen molar-refractivity contribution in [2.24, 2.45) is 0 Å². The molecule has 0 unspecified atom stereocenters. The van der Waals surface area contributed by atoms with Crippen LogP contribution in [0.4, 0.5) is 14.9 Å². The zero-order chi connectivity index (χ0) is 17.5. The van der Waals surface area contributed by atoms with Crippen molar-refractivity contribution in [2.45, 2.75) is 19.8 Å². The summed E-state index contributed by atoms with van der Waals surface area (Å²) >= 11 is 5.66. The minimum absolute atomic E-state index is 0.0408. The maximum atomic E-state index is 13.0. The lowest BCUT2D eigenvalue weighted by atomic mass is 10.0. The van der Waals surface area contributed by atoms with Crippen molar-refractivity contribution in [3.63, 3.8) is 0 Å². The number of rotatable bonds is 6. The minimum Gasteiger partial charge on any atom is -0.492 e. The highest BCUT2D eigenvalue weighted by Crippen LogP contribution is 2.19. The lowest BCUT2D eigenvalue weighted by Gasteiger charge is -2.10. The standard InChI is InChI=1S/C18H20ClFN2O2/c1-12(2)13-3-6-15(7-4-13)24-10-9-21-18(23)22-14-5-8-17(20)16(19)11-14/h3-8,11-12H,9-10H2,1-2H3,(H2,21,22,23). The van der Waals surface area contributed by atoms with Crippen LogP contribution in [0.15, 0.2) is 42.5 Å². The molecule has 24 heavy (non-hydrogen) atoms. The highest BCUT2D eigenvalue weighted by Gasteiger charge is 2.05. The number of carbonyl (C=O) groups excluding carboxylic acids is 1. The molecule has 0 spiro atoms. The number of hydrogen-bond acceptors (Lipinski definition) is 2. The smallest absolute Gasteiger partial charge is 0.319 e. The van der Waals surface area contributed by atoms with Crippen LogP contribution < -0.4 is 15.4 Å². The first-order chi connectivity index (χ1) is 11.5. The van der Waals surface area contributed by atoms with Gasteiger partial charge in [0.2, 0.25) is 0 Å². The Labute approximate surface area is 146 Å². The second kappa shape index (κ2) is 8.55. The molecule has 6 heteroatoms. The third kappa shape index (κ3) is 5.42. The Hall–Kier alpha value is -2.27. The first-order valence-corrected chi connectivity index (χ1v) is 8.06. The maximum Gasteiger partial charge on any atom is 0.319 e. The third-order valence-corrected chi connectivity index (χ3v) is 3.67. The molecule has 0 aromatic heterocycles. The number of halogens is 2.